The van der Waals surface area contributed by atoms with Gasteiger partial charge < -0.3 is 10.2 Å². The molecule has 1 unspecified atom stereocenters. The van der Waals surface area contributed by atoms with E-state index in [0.29, 0.717) is 5.95 Å². The second-order valence-electron chi connectivity index (χ2n) is 12.8. The number of rotatable bonds is 6. The Kier molecular flexibility index (Phi) is 7.10. The molecular formula is C44H32N6S. The molecule has 1 atom stereocenters. The van der Waals surface area contributed by atoms with Crippen molar-refractivity contribution in [2.75, 3.05) is 10.2 Å². The van der Waals surface area contributed by atoms with Gasteiger partial charge in [0.15, 0.2) is 0 Å². The van der Waals surface area contributed by atoms with Crippen LogP contribution in [0.4, 0.5) is 17.2 Å². The molecule has 7 heteroatoms. The summed E-state index contributed by atoms with van der Waals surface area (Å²) in [5.41, 5.74) is 10.9. The monoisotopic (exact) mass is 676 g/mol. The molecule has 1 aliphatic heterocycles. The van der Waals surface area contributed by atoms with Crippen LogP contribution in [0.5, 0.6) is 0 Å². The number of thiophene rings is 1. The number of nitrogens with one attached hydrogen (secondary N) is 1. The molecular weight excluding hydrogens is 645 g/mol. The summed E-state index contributed by atoms with van der Waals surface area (Å²) in [6.07, 6.45) is 8.09. The van der Waals surface area contributed by atoms with Crippen LogP contribution >= 0.6 is 11.3 Å². The lowest BCUT2D eigenvalue weighted by Crippen LogP contribution is -2.38. The van der Waals surface area contributed by atoms with Gasteiger partial charge in [-0.15, -0.1) is 11.3 Å². The number of para-hydroxylation sites is 2. The van der Waals surface area contributed by atoms with Gasteiger partial charge in [-0.1, -0.05) is 115 Å². The fourth-order valence-corrected chi connectivity index (χ4v) is 8.59. The lowest BCUT2D eigenvalue weighted by molar-refractivity contribution is 0.755. The zero-order chi connectivity index (χ0) is 33.7. The Balaban J connectivity index is 1.14. The first-order valence-electron chi connectivity index (χ1n) is 17.3. The quantitative estimate of drug-likeness (QED) is 0.190. The van der Waals surface area contributed by atoms with Crippen LogP contribution in [0.3, 0.4) is 0 Å². The molecule has 0 amide bonds. The summed E-state index contributed by atoms with van der Waals surface area (Å²) in [6, 6.07) is 48.6. The Morgan fingerprint density at radius 1 is 0.686 bits per heavy atom. The van der Waals surface area contributed by atoms with E-state index in [-0.39, 0.29) is 0 Å². The molecule has 51 heavy (non-hydrogen) atoms. The molecule has 0 saturated heterocycles. The van der Waals surface area contributed by atoms with Crippen LogP contribution < -0.4 is 10.2 Å². The third kappa shape index (κ3) is 5.04. The number of aromatic nitrogens is 3. The molecule has 4 heterocycles. The number of allylic oxidation sites excluding steroid dienone is 1. The Hall–Kier alpha value is -6.31. The van der Waals surface area contributed by atoms with Gasteiger partial charge in [0.05, 0.1) is 21.4 Å². The van der Waals surface area contributed by atoms with Crippen LogP contribution in [0.25, 0.3) is 55.5 Å². The molecule has 0 radical (unpaired) electrons. The smallest absolute Gasteiger partial charge is 0.237 e. The van der Waals surface area contributed by atoms with E-state index < -0.39 is 6.29 Å². The molecule has 0 spiro atoms. The molecule has 244 valence electrons. The molecule has 2 aliphatic rings. The number of nitrogens with zero attached hydrogens (tertiary/aromatic N) is 5. The second kappa shape index (κ2) is 12.2. The average Bonchev–Trinajstić information content (AvgIpc) is 3.74. The molecule has 8 aromatic rings. The summed E-state index contributed by atoms with van der Waals surface area (Å²) < 4.78 is 3.33. The summed E-state index contributed by atoms with van der Waals surface area (Å²) in [7, 11) is 0. The van der Waals surface area contributed by atoms with Crippen LogP contribution in [0.1, 0.15) is 22.4 Å². The van der Waals surface area contributed by atoms with Crippen LogP contribution in [-0.2, 0) is 6.42 Å². The minimum absolute atomic E-state index is 0.429. The zero-order valence-corrected chi connectivity index (χ0v) is 28.5. The highest BCUT2D eigenvalue weighted by atomic mass is 32.1. The molecule has 6 nitrogen and oxygen atoms in total. The van der Waals surface area contributed by atoms with Crippen molar-refractivity contribution in [1.82, 2.24) is 14.5 Å². The lowest BCUT2D eigenvalue weighted by Gasteiger charge is -2.34. The van der Waals surface area contributed by atoms with Gasteiger partial charge in [-0.2, -0.15) is 0 Å². The van der Waals surface area contributed by atoms with E-state index in [1.165, 1.54) is 21.6 Å². The van der Waals surface area contributed by atoms with Crippen molar-refractivity contribution in [3.05, 3.63) is 162 Å². The number of anilines is 3. The maximum Gasteiger partial charge on any atom is 0.237 e. The van der Waals surface area contributed by atoms with Gasteiger partial charge >= 0.3 is 0 Å². The van der Waals surface area contributed by atoms with E-state index in [0.717, 1.165) is 68.0 Å². The Morgan fingerprint density at radius 2 is 1.35 bits per heavy atom. The first-order chi connectivity index (χ1) is 25.3. The third-order valence-corrected chi connectivity index (χ3v) is 11.0. The maximum absolute atomic E-state index is 5.39. The fourth-order valence-electron chi connectivity index (χ4n) is 7.36. The molecule has 3 aromatic heterocycles. The largest absolute Gasteiger partial charge is 0.332 e. The summed E-state index contributed by atoms with van der Waals surface area (Å²) in [5.74, 6) is 1.56. The number of aliphatic imine (C=N–C) groups is 1. The van der Waals surface area contributed by atoms with Gasteiger partial charge in [0.1, 0.15) is 5.82 Å². The van der Waals surface area contributed by atoms with Crippen molar-refractivity contribution in [3.63, 3.8) is 0 Å². The first-order valence-corrected chi connectivity index (χ1v) is 18.1. The Bertz CT molecular complexity index is 2600. The number of aryl methyl sites for hydroxylation is 1. The van der Waals surface area contributed by atoms with Crippen molar-refractivity contribution in [1.29, 1.82) is 0 Å². The van der Waals surface area contributed by atoms with Gasteiger partial charge in [-0.25, -0.2) is 15.0 Å². The zero-order valence-electron chi connectivity index (χ0n) is 27.6. The van der Waals surface area contributed by atoms with Gasteiger partial charge in [-0.05, 0) is 65.9 Å². The number of hydrogen-bond acceptors (Lipinski definition) is 6. The molecule has 10 rings (SSSR count). The van der Waals surface area contributed by atoms with Crippen molar-refractivity contribution in [3.8, 4) is 28.3 Å². The predicted molar refractivity (Wildman–Crippen MR) is 213 cm³/mol. The van der Waals surface area contributed by atoms with E-state index in [9.17, 15) is 0 Å². The summed E-state index contributed by atoms with van der Waals surface area (Å²) in [6.45, 7) is 0. The normalized spacial score (nSPS) is 14.7. The highest BCUT2D eigenvalue weighted by Crippen LogP contribution is 2.42. The Labute approximate surface area is 299 Å². The number of fused-ring (bicyclic) bond motifs is 6. The SMILES string of the molecule is C1=Cc2sc3c(-c4ccccc4)nc(-n4c5c(c6ccccc64)C=NC(N(c4ccccc4)c4ccc(-c6ccccc6)cc4)N5)nc3c2CC1. The fraction of sp³-hybridized carbons (Fsp3) is 0.0682. The molecule has 0 bridgehead atoms. The molecule has 0 fully saturated rings. The summed E-state index contributed by atoms with van der Waals surface area (Å²) in [5, 5.41) is 4.96. The van der Waals surface area contributed by atoms with Gasteiger partial charge in [0.2, 0.25) is 12.2 Å². The van der Waals surface area contributed by atoms with Crippen molar-refractivity contribution >= 4 is 61.9 Å². The van der Waals surface area contributed by atoms with E-state index in [1.54, 1.807) is 11.3 Å². The van der Waals surface area contributed by atoms with Gasteiger partial charge in [0, 0.05) is 39.0 Å². The van der Waals surface area contributed by atoms with E-state index in [1.807, 2.05) is 18.3 Å². The van der Waals surface area contributed by atoms with Crippen LogP contribution in [0.2, 0.25) is 0 Å². The minimum atomic E-state index is -0.429. The average molecular weight is 677 g/mol. The van der Waals surface area contributed by atoms with Crippen molar-refractivity contribution < 1.29 is 0 Å². The number of hydrogen-bond donors (Lipinski definition) is 1. The molecule has 0 saturated carbocycles. The van der Waals surface area contributed by atoms with Crippen molar-refractivity contribution in [2.24, 2.45) is 4.99 Å². The summed E-state index contributed by atoms with van der Waals surface area (Å²) in [4.78, 5) is 19.5. The number of benzene rings is 5. The molecule has 1 N–H and O–H groups in total. The van der Waals surface area contributed by atoms with Crippen molar-refractivity contribution in [2.45, 2.75) is 19.1 Å². The molecule has 5 aromatic carbocycles. The third-order valence-electron chi connectivity index (χ3n) is 9.78. The highest BCUT2D eigenvalue weighted by molar-refractivity contribution is 7.20. The van der Waals surface area contributed by atoms with Crippen LogP contribution in [-0.4, -0.2) is 27.0 Å². The minimum Gasteiger partial charge on any atom is -0.332 e. The highest BCUT2D eigenvalue weighted by Gasteiger charge is 2.30. The van der Waals surface area contributed by atoms with Crippen LogP contribution in [0.15, 0.2) is 151 Å². The summed E-state index contributed by atoms with van der Waals surface area (Å²) >= 11 is 1.79. The van der Waals surface area contributed by atoms with Gasteiger partial charge in [-0.3, -0.25) is 4.57 Å². The lowest BCUT2D eigenvalue weighted by atomic mass is 10.0. The predicted octanol–water partition coefficient (Wildman–Crippen LogP) is 10.9. The van der Waals surface area contributed by atoms with Crippen LogP contribution in [0, 0.1) is 0 Å². The first kappa shape index (κ1) is 29.6. The second-order valence-corrected chi connectivity index (χ2v) is 13.9. The standard InChI is InChI=1S/C44H32N6S/c1-4-14-29(15-5-1)30-24-26-33(27-25-30)49(32-18-8-3-9-19-32)43-45-28-36-34-20-10-12-22-37(34)50(42(36)48-43)44-46-39(31-16-6-2-7-17-31)41-40(47-44)35-21-11-13-23-38(35)51-41/h1-10,12-20,22-28,43,48H,11,21H2. The van der Waals surface area contributed by atoms with E-state index in [4.69, 9.17) is 15.0 Å². The van der Waals surface area contributed by atoms with Gasteiger partial charge in [0.25, 0.3) is 0 Å². The Morgan fingerprint density at radius 3 is 2.14 bits per heavy atom. The molecule has 1 aliphatic carbocycles. The van der Waals surface area contributed by atoms with E-state index >= 15 is 0 Å². The maximum atomic E-state index is 5.39. The van der Waals surface area contributed by atoms with E-state index in [2.05, 4.69) is 154 Å². The topological polar surface area (TPSA) is 58.3 Å².